The van der Waals surface area contributed by atoms with Crippen LogP contribution < -0.4 is 10.1 Å². The van der Waals surface area contributed by atoms with Crippen LogP contribution in [0.1, 0.15) is 31.2 Å². The first-order chi connectivity index (χ1) is 12.9. The van der Waals surface area contributed by atoms with Gasteiger partial charge in [-0.3, -0.25) is 9.59 Å². The second-order valence-corrected chi connectivity index (χ2v) is 7.11. The molecule has 1 aliphatic rings. The van der Waals surface area contributed by atoms with Gasteiger partial charge in [-0.1, -0.05) is 24.3 Å². The molecule has 0 unspecified atom stereocenters. The average molecular weight is 371 g/mol. The minimum atomic E-state index is -0.937. The molecule has 3 rings (SSSR count). The maximum atomic E-state index is 12.6. The van der Waals surface area contributed by atoms with Crippen molar-refractivity contribution in [2.45, 2.75) is 25.7 Å². The molecule has 2 N–H and O–H groups in total. The molecule has 0 bridgehead atoms. The Kier molecular flexibility index (Phi) is 5.65. The fraction of sp³-hybridized carbons (Fsp3) is 0.429. The SMILES string of the molecule is COc1ccc2cc([C@H](C)C(=O)NCC3(C(=O)O)CCOCC3)ccc2c1. The fourth-order valence-corrected chi connectivity index (χ4v) is 3.43. The van der Waals surface area contributed by atoms with E-state index in [1.807, 2.05) is 43.3 Å². The van der Waals surface area contributed by atoms with Gasteiger partial charge in [-0.05, 0) is 48.2 Å². The summed E-state index contributed by atoms with van der Waals surface area (Å²) in [4.78, 5) is 24.3. The van der Waals surface area contributed by atoms with Crippen LogP contribution in [-0.2, 0) is 14.3 Å². The van der Waals surface area contributed by atoms with Gasteiger partial charge in [-0.25, -0.2) is 0 Å². The van der Waals surface area contributed by atoms with Gasteiger partial charge in [0, 0.05) is 19.8 Å². The summed E-state index contributed by atoms with van der Waals surface area (Å²) in [6, 6.07) is 11.7. The van der Waals surface area contributed by atoms with E-state index in [-0.39, 0.29) is 18.4 Å². The third-order valence-corrected chi connectivity index (χ3v) is 5.47. The van der Waals surface area contributed by atoms with E-state index in [9.17, 15) is 14.7 Å². The van der Waals surface area contributed by atoms with Crippen molar-refractivity contribution in [3.63, 3.8) is 0 Å². The van der Waals surface area contributed by atoms with Gasteiger partial charge in [0.1, 0.15) is 5.75 Å². The van der Waals surface area contributed by atoms with Crippen LogP contribution in [0.3, 0.4) is 0 Å². The molecule has 0 aromatic heterocycles. The number of carboxylic acids is 1. The summed E-state index contributed by atoms with van der Waals surface area (Å²) in [6.45, 7) is 2.77. The van der Waals surface area contributed by atoms with Gasteiger partial charge < -0.3 is 19.9 Å². The molecular formula is C21H25NO5. The second kappa shape index (κ2) is 7.96. The summed E-state index contributed by atoms with van der Waals surface area (Å²) in [7, 11) is 1.63. The van der Waals surface area contributed by atoms with Gasteiger partial charge >= 0.3 is 5.97 Å². The zero-order valence-corrected chi connectivity index (χ0v) is 15.7. The van der Waals surface area contributed by atoms with E-state index >= 15 is 0 Å². The molecule has 144 valence electrons. The molecule has 0 saturated carbocycles. The average Bonchev–Trinajstić information content (AvgIpc) is 2.71. The molecule has 2 aromatic carbocycles. The Balaban J connectivity index is 1.71. The van der Waals surface area contributed by atoms with E-state index in [2.05, 4.69) is 5.32 Å². The van der Waals surface area contributed by atoms with Crippen molar-refractivity contribution in [1.82, 2.24) is 5.32 Å². The lowest BCUT2D eigenvalue weighted by Crippen LogP contribution is -2.47. The Morgan fingerprint density at radius 2 is 1.85 bits per heavy atom. The number of hydrogen-bond donors (Lipinski definition) is 2. The molecule has 2 aromatic rings. The molecule has 0 radical (unpaired) electrons. The maximum absolute atomic E-state index is 12.6. The normalized spacial score (nSPS) is 17.3. The standard InChI is InChI=1S/C21H25NO5/c1-14(15-3-4-17-12-18(26-2)6-5-16(17)11-15)19(23)22-13-21(20(24)25)7-9-27-10-8-21/h3-6,11-12,14H,7-10,13H2,1-2H3,(H,22,23)(H,24,25)/t14-/m0/s1. The Bertz CT molecular complexity index is 842. The van der Waals surface area contributed by atoms with Crippen LogP contribution in [0, 0.1) is 5.41 Å². The monoisotopic (exact) mass is 371 g/mol. The summed E-state index contributed by atoms with van der Waals surface area (Å²) in [5, 5.41) is 14.5. The number of fused-ring (bicyclic) bond motifs is 1. The Morgan fingerprint density at radius 1 is 1.19 bits per heavy atom. The van der Waals surface area contributed by atoms with Crippen molar-refractivity contribution in [3.8, 4) is 5.75 Å². The van der Waals surface area contributed by atoms with Crippen LogP contribution in [0.2, 0.25) is 0 Å². The maximum Gasteiger partial charge on any atom is 0.311 e. The number of carboxylic acid groups (broad SMARTS) is 1. The third kappa shape index (κ3) is 4.06. The minimum absolute atomic E-state index is 0.125. The summed E-state index contributed by atoms with van der Waals surface area (Å²) < 4.78 is 10.5. The zero-order chi connectivity index (χ0) is 19.4. The second-order valence-electron chi connectivity index (χ2n) is 7.11. The van der Waals surface area contributed by atoms with Gasteiger partial charge in [0.15, 0.2) is 0 Å². The number of aliphatic carboxylic acids is 1. The van der Waals surface area contributed by atoms with Crippen molar-refractivity contribution >= 4 is 22.6 Å². The molecule has 0 aliphatic carbocycles. The fourth-order valence-electron chi connectivity index (χ4n) is 3.43. The molecule has 6 heteroatoms. The number of carbonyl (C=O) groups excluding carboxylic acids is 1. The van der Waals surface area contributed by atoms with Gasteiger partial charge in [-0.15, -0.1) is 0 Å². The third-order valence-electron chi connectivity index (χ3n) is 5.47. The van der Waals surface area contributed by atoms with Crippen LogP contribution >= 0.6 is 0 Å². The number of methoxy groups -OCH3 is 1. The smallest absolute Gasteiger partial charge is 0.311 e. The van der Waals surface area contributed by atoms with E-state index < -0.39 is 11.4 Å². The van der Waals surface area contributed by atoms with Crippen molar-refractivity contribution in [2.24, 2.45) is 5.41 Å². The Morgan fingerprint density at radius 3 is 2.52 bits per heavy atom. The Labute approximate surface area is 158 Å². The van der Waals surface area contributed by atoms with E-state index in [1.54, 1.807) is 7.11 Å². The quantitative estimate of drug-likeness (QED) is 0.815. The number of benzene rings is 2. The topological polar surface area (TPSA) is 84.9 Å². The van der Waals surface area contributed by atoms with Gasteiger partial charge in [0.2, 0.25) is 5.91 Å². The number of amides is 1. The first-order valence-corrected chi connectivity index (χ1v) is 9.12. The molecule has 1 fully saturated rings. The molecule has 1 heterocycles. The first-order valence-electron chi connectivity index (χ1n) is 9.12. The van der Waals surface area contributed by atoms with Crippen molar-refractivity contribution < 1.29 is 24.2 Å². The number of ether oxygens (including phenoxy) is 2. The minimum Gasteiger partial charge on any atom is -0.497 e. The zero-order valence-electron chi connectivity index (χ0n) is 15.7. The summed E-state index contributed by atoms with van der Waals surface area (Å²) in [5.41, 5.74) is -0.0466. The molecule has 1 atom stereocenters. The van der Waals surface area contributed by atoms with Gasteiger partial charge in [-0.2, -0.15) is 0 Å². The summed E-state index contributed by atoms with van der Waals surface area (Å²) in [5.74, 6) is -0.632. The van der Waals surface area contributed by atoms with Crippen LogP contribution in [0.25, 0.3) is 10.8 Å². The lowest BCUT2D eigenvalue weighted by atomic mass is 9.80. The van der Waals surface area contributed by atoms with E-state index in [0.717, 1.165) is 22.1 Å². The van der Waals surface area contributed by atoms with E-state index in [1.165, 1.54) is 0 Å². The van der Waals surface area contributed by atoms with Crippen LogP contribution in [-0.4, -0.2) is 43.9 Å². The van der Waals surface area contributed by atoms with Gasteiger partial charge in [0.25, 0.3) is 0 Å². The molecule has 27 heavy (non-hydrogen) atoms. The highest BCUT2D eigenvalue weighted by Crippen LogP contribution is 2.31. The lowest BCUT2D eigenvalue weighted by molar-refractivity contribution is -0.154. The summed E-state index contributed by atoms with van der Waals surface area (Å²) >= 11 is 0. The van der Waals surface area contributed by atoms with E-state index in [0.29, 0.717) is 26.1 Å². The van der Waals surface area contributed by atoms with Gasteiger partial charge in [0.05, 0.1) is 18.4 Å². The predicted octanol–water partition coefficient (Wildman–Crippen LogP) is 2.95. The highest BCUT2D eigenvalue weighted by Gasteiger charge is 2.40. The first kappa shape index (κ1) is 19.2. The number of nitrogens with one attached hydrogen (secondary N) is 1. The molecule has 1 aliphatic heterocycles. The molecular weight excluding hydrogens is 346 g/mol. The van der Waals surface area contributed by atoms with Crippen molar-refractivity contribution in [3.05, 3.63) is 42.0 Å². The van der Waals surface area contributed by atoms with Crippen LogP contribution in [0.4, 0.5) is 0 Å². The number of rotatable bonds is 6. The highest BCUT2D eigenvalue weighted by atomic mass is 16.5. The Hall–Kier alpha value is -2.60. The van der Waals surface area contributed by atoms with Crippen LogP contribution in [0.5, 0.6) is 5.75 Å². The molecule has 1 saturated heterocycles. The van der Waals surface area contributed by atoms with Crippen LogP contribution in [0.15, 0.2) is 36.4 Å². The summed E-state index contributed by atoms with van der Waals surface area (Å²) in [6.07, 6.45) is 0.823. The number of hydrogen-bond acceptors (Lipinski definition) is 4. The lowest BCUT2D eigenvalue weighted by Gasteiger charge is -2.33. The number of carbonyl (C=O) groups is 2. The van der Waals surface area contributed by atoms with Crippen molar-refractivity contribution in [1.29, 1.82) is 0 Å². The molecule has 6 nitrogen and oxygen atoms in total. The molecule has 0 spiro atoms. The predicted molar refractivity (Wildman–Crippen MR) is 102 cm³/mol. The molecule has 1 amide bonds. The largest absolute Gasteiger partial charge is 0.497 e. The highest BCUT2D eigenvalue weighted by molar-refractivity contribution is 5.88. The van der Waals surface area contributed by atoms with Crippen molar-refractivity contribution in [2.75, 3.05) is 26.9 Å². The van der Waals surface area contributed by atoms with E-state index in [4.69, 9.17) is 9.47 Å².